The molecule has 2 unspecified atom stereocenters. The third-order valence-electron chi connectivity index (χ3n) is 2.66. The first kappa shape index (κ1) is 14.7. The molecule has 0 bridgehead atoms. The molecule has 0 heterocycles. The summed E-state index contributed by atoms with van der Waals surface area (Å²) in [6.45, 7) is 3.82. The number of aliphatic hydroxyl groups is 1. The molecule has 0 aromatic heterocycles. The van der Waals surface area contributed by atoms with Crippen LogP contribution in [-0.4, -0.2) is 27.2 Å². The first-order valence-corrected chi connectivity index (χ1v) is 5.97. The largest absolute Gasteiger partial charge is 0.480 e. The van der Waals surface area contributed by atoms with Crippen LogP contribution in [0.25, 0.3) is 0 Å². The second-order valence-corrected chi connectivity index (χ2v) is 4.58. The van der Waals surface area contributed by atoms with Crippen LogP contribution in [0.2, 0.25) is 0 Å². The van der Waals surface area contributed by atoms with Gasteiger partial charge in [0.25, 0.3) is 0 Å². The van der Waals surface area contributed by atoms with Gasteiger partial charge in [-0.1, -0.05) is 39.5 Å². The molecule has 0 aliphatic carbocycles. The number of carbonyl (C=O) groups is 1. The molecular formula is C11H21ClO3. The van der Waals surface area contributed by atoms with Gasteiger partial charge in [0, 0.05) is 0 Å². The maximum absolute atomic E-state index is 11.0. The maximum Gasteiger partial charge on any atom is 0.327 e. The quantitative estimate of drug-likeness (QED) is 0.503. The normalized spacial score (nSPS) is 17.1. The van der Waals surface area contributed by atoms with Crippen molar-refractivity contribution in [2.45, 2.75) is 63.4 Å². The van der Waals surface area contributed by atoms with Gasteiger partial charge in [-0.15, -0.1) is 11.6 Å². The minimum atomic E-state index is -1.50. The fourth-order valence-corrected chi connectivity index (χ4v) is 1.84. The summed E-state index contributed by atoms with van der Waals surface area (Å²) in [6, 6.07) is 0. The van der Waals surface area contributed by atoms with Gasteiger partial charge in [-0.05, 0) is 12.8 Å². The fraction of sp³-hybridized carbons (Fsp3) is 0.909. The third kappa shape index (κ3) is 4.39. The van der Waals surface area contributed by atoms with Gasteiger partial charge in [0.2, 0.25) is 0 Å². The van der Waals surface area contributed by atoms with Gasteiger partial charge < -0.3 is 10.2 Å². The minimum absolute atomic E-state index is 0.332. The van der Waals surface area contributed by atoms with Crippen molar-refractivity contribution >= 4 is 17.6 Å². The van der Waals surface area contributed by atoms with Crippen LogP contribution in [0, 0.1) is 0 Å². The molecule has 90 valence electrons. The van der Waals surface area contributed by atoms with Gasteiger partial charge in [0.1, 0.15) is 0 Å². The van der Waals surface area contributed by atoms with E-state index < -0.39 is 16.9 Å². The van der Waals surface area contributed by atoms with Gasteiger partial charge >= 0.3 is 5.97 Å². The highest BCUT2D eigenvalue weighted by molar-refractivity contribution is 6.34. The summed E-state index contributed by atoms with van der Waals surface area (Å²) in [5.74, 6) is -1.12. The average Bonchev–Trinajstić information content (AvgIpc) is 2.22. The number of hydrogen-bond donors (Lipinski definition) is 2. The van der Waals surface area contributed by atoms with Crippen molar-refractivity contribution in [2.24, 2.45) is 0 Å². The van der Waals surface area contributed by atoms with Crippen molar-refractivity contribution in [3.63, 3.8) is 0 Å². The molecule has 0 aromatic rings. The molecule has 3 nitrogen and oxygen atoms in total. The highest BCUT2D eigenvalue weighted by Crippen LogP contribution is 2.29. The second-order valence-electron chi connectivity index (χ2n) is 3.90. The molecule has 15 heavy (non-hydrogen) atoms. The van der Waals surface area contributed by atoms with Crippen molar-refractivity contribution in [2.75, 3.05) is 0 Å². The lowest BCUT2D eigenvalue weighted by Crippen LogP contribution is -2.44. The lowest BCUT2D eigenvalue weighted by molar-refractivity contribution is -0.144. The van der Waals surface area contributed by atoms with E-state index in [0.717, 1.165) is 25.7 Å². The number of aliphatic carboxylic acids is 1. The summed E-state index contributed by atoms with van der Waals surface area (Å²) in [4.78, 5) is 9.50. The van der Waals surface area contributed by atoms with Crippen LogP contribution in [0.5, 0.6) is 0 Å². The van der Waals surface area contributed by atoms with Gasteiger partial charge in [0.05, 0.1) is 6.10 Å². The fourth-order valence-electron chi connectivity index (χ4n) is 1.55. The number of carboxylic acids is 1. The van der Waals surface area contributed by atoms with Crippen molar-refractivity contribution in [3.05, 3.63) is 0 Å². The van der Waals surface area contributed by atoms with Gasteiger partial charge in [-0.25, -0.2) is 0 Å². The topological polar surface area (TPSA) is 57.5 Å². The summed E-state index contributed by atoms with van der Waals surface area (Å²) < 4.78 is 0. The number of carboxylic acid groups (broad SMARTS) is 1. The number of hydrogen-bond acceptors (Lipinski definition) is 2. The molecule has 0 aliphatic rings. The van der Waals surface area contributed by atoms with Crippen LogP contribution >= 0.6 is 11.6 Å². The van der Waals surface area contributed by atoms with E-state index in [1.807, 2.05) is 0 Å². The van der Waals surface area contributed by atoms with Crippen molar-refractivity contribution in [1.82, 2.24) is 0 Å². The molecule has 0 radical (unpaired) electrons. The Labute approximate surface area is 96.4 Å². The first-order valence-electron chi connectivity index (χ1n) is 5.59. The summed E-state index contributed by atoms with van der Waals surface area (Å²) in [7, 11) is 0. The zero-order valence-electron chi connectivity index (χ0n) is 9.50. The molecule has 2 N–H and O–H groups in total. The minimum Gasteiger partial charge on any atom is -0.480 e. The third-order valence-corrected chi connectivity index (χ3v) is 3.27. The highest BCUT2D eigenvalue weighted by atomic mass is 35.5. The SMILES string of the molecule is CCCCCCC(Cl)(C(=O)O)C(O)CC. The van der Waals surface area contributed by atoms with Crippen molar-refractivity contribution in [3.8, 4) is 0 Å². The average molecular weight is 237 g/mol. The predicted molar refractivity (Wildman–Crippen MR) is 61.3 cm³/mol. The molecule has 0 aromatic carbocycles. The Morgan fingerprint density at radius 3 is 2.33 bits per heavy atom. The molecule has 0 saturated heterocycles. The van der Waals surface area contributed by atoms with Crippen LogP contribution in [0.15, 0.2) is 0 Å². The monoisotopic (exact) mass is 236 g/mol. The zero-order valence-corrected chi connectivity index (χ0v) is 10.3. The number of alkyl halides is 1. The predicted octanol–water partition coefficient (Wildman–Crippen LogP) is 2.79. The lowest BCUT2D eigenvalue weighted by Gasteiger charge is -2.27. The molecule has 0 saturated carbocycles. The number of rotatable bonds is 8. The number of unbranched alkanes of at least 4 members (excludes halogenated alkanes) is 3. The molecule has 0 aliphatic heterocycles. The molecule has 0 rings (SSSR count). The number of halogens is 1. The Balaban J connectivity index is 4.20. The van der Waals surface area contributed by atoms with E-state index in [-0.39, 0.29) is 0 Å². The standard InChI is InChI=1S/C11H21ClO3/c1-3-5-6-7-8-11(12,10(14)15)9(13)4-2/h9,13H,3-8H2,1-2H3,(H,14,15). The van der Waals surface area contributed by atoms with Crippen LogP contribution in [0.4, 0.5) is 0 Å². The maximum atomic E-state index is 11.0. The van der Waals surface area contributed by atoms with Gasteiger partial charge in [-0.3, -0.25) is 4.79 Å². The highest BCUT2D eigenvalue weighted by Gasteiger charge is 2.42. The Morgan fingerprint density at radius 2 is 1.93 bits per heavy atom. The van der Waals surface area contributed by atoms with E-state index in [0.29, 0.717) is 12.8 Å². The second kappa shape index (κ2) is 7.07. The van der Waals surface area contributed by atoms with Crippen molar-refractivity contribution in [1.29, 1.82) is 0 Å². The molecular weight excluding hydrogens is 216 g/mol. The molecule has 0 spiro atoms. The smallest absolute Gasteiger partial charge is 0.327 e. The van der Waals surface area contributed by atoms with Crippen LogP contribution in [0.3, 0.4) is 0 Å². The molecule has 4 heteroatoms. The molecule has 0 fully saturated rings. The first-order chi connectivity index (χ1) is 6.99. The lowest BCUT2D eigenvalue weighted by atomic mass is 9.93. The van der Waals surface area contributed by atoms with E-state index in [1.165, 1.54) is 0 Å². The van der Waals surface area contributed by atoms with E-state index in [1.54, 1.807) is 6.92 Å². The summed E-state index contributed by atoms with van der Waals surface area (Å²) >= 11 is 5.95. The van der Waals surface area contributed by atoms with E-state index >= 15 is 0 Å². The van der Waals surface area contributed by atoms with E-state index in [2.05, 4.69) is 6.92 Å². The summed E-state index contributed by atoms with van der Waals surface area (Å²) in [6.07, 6.45) is 3.61. The van der Waals surface area contributed by atoms with Crippen LogP contribution in [0.1, 0.15) is 52.4 Å². The van der Waals surface area contributed by atoms with Crippen LogP contribution in [-0.2, 0) is 4.79 Å². The zero-order chi connectivity index (χ0) is 11.9. The van der Waals surface area contributed by atoms with E-state index in [9.17, 15) is 9.90 Å². The number of aliphatic hydroxyl groups excluding tert-OH is 1. The van der Waals surface area contributed by atoms with Crippen LogP contribution < -0.4 is 0 Å². The van der Waals surface area contributed by atoms with Crippen molar-refractivity contribution < 1.29 is 15.0 Å². The Morgan fingerprint density at radius 1 is 1.33 bits per heavy atom. The van der Waals surface area contributed by atoms with Gasteiger partial charge in [-0.2, -0.15) is 0 Å². The van der Waals surface area contributed by atoms with Gasteiger partial charge in [0.15, 0.2) is 4.87 Å². The Kier molecular flexibility index (Phi) is 6.94. The molecule has 0 amide bonds. The summed E-state index contributed by atoms with van der Waals surface area (Å²) in [5.41, 5.74) is 0. The summed E-state index contributed by atoms with van der Waals surface area (Å²) in [5, 5.41) is 18.6. The van der Waals surface area contributed by atoms with E-state index in [4.69, 9.17) is 16.7 Å². The Bertz CT molecular complexity index is 196. The molecule has 2 atom stereocenters. The Hall–Kier alpha value is -0.280.